The Labute approximate surface area is 209 Å². The molecule has 4 aliphatic carbocycles. The second-order valence-electron chi connectivity index (χ2n) is 12.2. The lowest BCUT2D eigenvalue weighted by atomic mass is 9.43. The van der Waals surface area contributed by atoms with Crippen molar-refractivity contribution in [3.8, 4) is 0 Å². The second-order valence-corrected chi connectivity index (χ2v) is 12.2. The normalized spacial score (nSPS) is 47.1. The van der Waals surface area contributed by atoms with Crippen molar-refractivity contribution in [1.29, 1.82) is 0 Å². The predicted octanol–water partition coefficient (Wildman–Crippen LogP) is 2.94. The number of halogens is 2. The Morgan fingerprint density at radius 1 is 1.25 bits per heavy atom. The fourth-order valence-electron chi connectivity index (χ4n) is 8.84. The number of rotatable bonds is 3. The first kappa shape index (κ1) is 25.5. The van der Waals surface area contributed by atoms with E-state index < -0.39 is 70.3 Å². The summed E-state index contributed by atoms with van der Waals surface area (Å²) < 4.78 is 38.3. The molecule has 0 unspecified atom stereocenters. The van der Waals surface area contributed by atoms with Gasteiger partial charge in [-0.15, -0.1) is 0 Å². The van der Waals surface area contributed by atoms with Gasteiger partial charge in [-0.3, -0.25) is 9.59 Å². The van der Waals surface area contributed by atoms with Crippen LogP contribution in [-0.2, 0) is 14.3 Å². The number of ether oxygens (including phenoxy) is 1. The molecule has 3 saturated carbocycles. The molecule has 0 bridgehead atoms. The molecule has 4 fully saturated rings. The van der Waals surface area contributed by atoms with Crippen LogP contribution in [0.4, 0.5) is 13.6 Å². The van der Waals surface area contributed by atoms with Gasteiger partial charge in [-0.05, 0) is 75.0 Å². The van der Waals surface area contributed by atoms with Gasteiger partial charge in [0.15, 0.2) is 17.2 Å². The maximum Gasteiger partial charge on any atom is 0.410 e. The summed E-state index contributed by atoms with van der Waals surface area (Å²) in [6, 6.07) is 0. The number of amides is 1. The van der Waals surface area contributed by atoms with Crippen molar-refractivity contribution in [2.45, 2.75) is 71.0 Å². The maximum atomic E-state index is 17.3. The highest BCUT2D eigenvalue weighted by Crippen LogP contribution is 2.74. The third kappa shape index (κ3) is 2.93. The van der Waals surface area contributed by atoms with Gasteiger partial charge in [0, 0.05) is 24.4 Å². The summed E-state index contributed by atoms with van der Waals surface area (Å²) in [5.41, 5.74) is -5.86. The molecule has 0 aromatic rings. The highest BCUT2D eigenvalue weighted by atomic mass is 19.1. The molecule has 1 aliphatic heterocycles. The minimum atomic E-state index is -2.23. The molecule has 5 rings (SSSR count). The Kier molecular flexibility index (Phi) is 5.62. The summed E-state index contributed by atoms with van der Waals surface area (Å²) in [6.07, 6.45) is -0.146. The number of Topliss-reactive ketones (excluding diaryl/α,β-unsaturated/α-hetero) is 1. The van der Waals surface area contributed by atoms with Crippen LogP contribution in [-0.4, -0.2) is 76.5 Å². The van der Waals surface area contributed by atoms with Crippen LogP contribution in [0.25, 0.3) is 0 Å². The van der Waals surface area contributed by atoms with Gasteiger partial charge in [-0.25, -0.2) is 13.6 Å². The molecular weight excluding hydrogens is 472 g/mol. The number of alkyl halides is 2. The number of carbonyl (C=O) groups excluding carboxylic acids is 3. The summed E-state index contributed by atoms with van der Waals surface area (Å²) in [7, 11) is 0. The van der Waals surface area contributed by atoms with Crippen molar-refractivity contribution < 1.29 is 38.1 Å². The van der Waals surface area contributed by atoms with Crippen LogP contribution in [0.1, 0.15) is 47.0 Å². The van der Waals surface area contributed by atoms with Gasteiger partial charge >= 0.3 is 6.09 Å². The molecule has 9 heteroatoms. The zero-order valence-corrected chi connectivity index (χ0v) is 21.2. The topological polar surface area (TPSA) is 104 Å². The van der Waals surface area contributed by atoms with Crippen LogP contribution >= 0.6 is 0 Å². The summed E-state index contributed by atoms with van der Waals surface area (Å²) in [6.45, 7) is 6.30. The van der Waals surface area contributed by atoms with Crippen molar-refractivity contribution in [1.82, 2.24) is 4.90 Å². The van der Waals surface area contributed by atoms with Crippen LogP contribution in [0.2, 0.25) is 0 Å². The van der Waals surface area contributed by atoms with E-state index in [1.165, 1.54) is 17.1 Å². The largest absolute Gasteiger partial charge is 0.447 e. The monoisotopic (exact) mass is 507 g/mol. The van der Waals surface area contributed by atoms with Crippen LogP contribution in [0.5, 0.6) is 0 Å². The van der Waals surface area contributed by atoms with Gasteiger partial charge in [-0.1, -0.05) is 13.0 Å². The highest BCUT2D eigenvalue weighted by Gasteiger charge is 2.78. The van der Waals surface area contributed by atoms with E-state index in [0.717, 1.165) is 6.08 Å². The number of fused-ring (bicyclic) bond motifs is 7. The lowest BCUT2D eigenvalue weighted by Gasteiger charge is -2.63. The fraction of sp³-hybridized carbons (Fsp3) is 0.741. The summed E-state index contributed by atoms with van der Waals surface area (Å²) in [5.74, 6) is -2.60. The fourth-order valence-corrected chi connectivity index (χ4v) is 8.84. The van der Waals surface area contributed by atoms with Gasteiger partial charge in [0.25, 0.3) is 0 Å². The van der Waals surface area contributed by atoms with Gasteiger partial charge in [0.05, 0.1) is 17.6 Å². The second kappa shape index (κ2) is 7.93. The number of aliphatic hydroxyl groups is 2. The molecule has 1 heterocycles. The van der Waals surface area contributed by atoms with E-state index >= 15 is 8.78 Å². The van der Waals surface area contributed by atoms with Gasteiger partial charge in [-0.2, -0.15) is 0 Å². The van der Waals surface area contributed by atoms with Crippen molar-refractivity contribution in [2.75, 3.05) is 19.7 Å². The molecular formula is C27H35F2NO6. The third-order valence-electron chi connectivity index (χ3n) is 10.4. The zero-order chi connectivity index (χ0) is 26.4. The molecule has 7 nitrogen and oxygen atoms in total. The quantitative estimate of drug-likeness (QED) is 0.609. The molecule has 9 atom stereocenters. The molecule has 1 amide bonds. The number of nitrogens with zero attached hydrogens (tertiary/aromatic N) is 1. The first-order chi connectivity index (χ1) is 16.8. The van der Waals surface area contributed by atoms with E-state index in [4.69, 9.17) is 4.74 Å². The third-order valence-corrected chi connectivity index (χ3v) is 10.4. The van der Waals surface area contributed by atoms with E-state index in [9.17, 15) is 24.6 Å². The van der Waals surface area contributed by atoms with E-state index in [1.54, 1.807) is 20.8 Å². The predicted molar refractivity (Wildman–Crippen MR) is 125 cm³/mol. The van der Waals surface area contributed by atoms with Crippen molar-refractivity contribution in [3.63, 3.8) is 0 Å². The van der Waals surface area contributed by atoms with Gasteiger partial charge in [0.2, 0.25) is 0 Å². The minimum Gasteiger partial charge on any atom is -0.447 e. The Balaban J connectivity index is 1.58. The van der Waals surface area contributed by atoms with E-state index in [2.05, 4.69) is 0 Å². The van der Waals surface area contributed by atoms with Crippen LogP contribution in [0, 0.1) is 34.0 Å². The molecule has 36 heavy (non-hydrogen) atoms. The first-order valence-electron chi connectivity index (χ1n) is 12.8. The molecule has 198 valence electrons. The van der Waals surface area contributed by atoms with Crippen LogP contribution in [0.15, 0.2) is 23.8 Å². The standard InChI is InChI=1S/C27H35F2NO6/c1-14(2)36-23(35)30-11-15-7-17-18-9-20(28)19-8-16(32)5-6-24(19,3)27(18,29)21(33)10-25(17,4)26(15,13-30)22(34)12-31/h5-6,8,14-15,17-18,20-21,31,33H,7,9-13H2,1-4H3/t15-,17-,18-,20-,21-,24-,25-,26+,27-/m0/s1. The molecule has 0 radical (unpaired) electrons. The zero-order valence-electron chi connectivity index (χ0n) is 21.2. The van der Waals surface area contributed by atoms with Crippen LogP contribution < -0.4 is 0 Å². The first-order valence-corrected chi connectivity index (χ1v) is 12.8. The lowest BCUT2D eigenvalue weighted by molar-refractivity contribution is -0.211. The number of carbonyl (C=O) groups is 3. The minimum absolute atomic E-state index is 0.00418. The Morgan fingerprint density at radius 3 is 2.58 bits per heavy atom. The van der Waals surface area contributed by atoms with E-state index in [0.29, 0.717) is 6.42 Å². The number of hydrogen-bond acceptors (Lipinski definition) is 6. The molecule has 0 spiro atoms. The molecule has 0 aromatic carbocycles. The Bertz CT molecular complexity index is 1070. The molecule has 5 aliphatic rings. The number of aliphatic hydroxyl groups excluding tert-OH is 2. The summed E-state index contributed by atoms with van der Waals surface area (Å²) in [5, 5.41) is 21.5. The SMILES string of the molecule is CC(C)OC(=O)N1C[C@@H]2C[C@H]3[C@@H]4C[C@H](F)C5=CC(=O)C=C[C@]5(C)[C@@]4(F)[C@@H](O)C[C@]3(C)[C@]2(C(=O)CO)C1. The molecule has 0 aromatic heterocycles. The van der Waals surface area contributed by atoms with E-state index in [-0.39, 0.29) is 43.5 Å². The van der Waals surface area contributed by atoms with Gasteiger partial charge in [0.1, 0.15) is 12.8 Å². The molecule has 2 N–H and O–H groups in total. The van der Waals surface area contributed by atoms with Crippen molar-refractivity contribution in [3.05, 3.63) is 23.8 Å². The number of hydrogen-bond donors (Lipinski definition) is 2. The number of likely N-dealkylation sites (tertiary alicyclic amines) is 1. The summed E-state index contributed by atoms with van der Waals surface area (Å²) >= 11 is 0. The molecule has 1 saturated heterocycles. The Hall–Kier alpha value is -2.13. The van der Waals surface area contributed by atoms with E-state index in [1.807, 2.05) is 6.92 Å². The Morgan fingerprint density at radius 2 is 1.94 bits per heavy atom. The number of allylic oxidation sites excluding steroid dienone is 4. The van der Waals surface area contributed by atoms with Crippen molar-refractivity contribution >= 4 is 17.7 Å². The average Bonchev–Trinajstić information content (AvgIpc) is 3.30. The maximum absolute atomic E-state index is 17.3. The smallest absolute Gasteiger partial charge is 0.410 e. The van der Waals surface area contributed by atoms with Gasteiger partial charge < -0.3 is 19.8 Å². The number of ketones is 2. The van der Waals surface area contributed by atoms with Crippen molar-refractivity contribution in [2.24, 2.45) is 34.0 Å². The highest BCUT2D eigenvalue weighted by molar-refractivity contribution is 6.01. The summed E-state index contributed by atoms with van der Waals surface area (Å²) in [4.78, 5) is 39.7. The lowest BCUT2D eigenvalue weighted by Crippen LogP contribution is -2.69. The van der Waals surface area contributed by atoms with Crippen LogP contribution in [0.3, 0.4) is 0 Å². The average molecular weight is 508 g/mol.